The lowest BCUT2D eigenvalue weighted by atomic mass is 10.1. The summed E-state index contributed by atoms with van der Waals surface area (Å²) in [4.78, 5) is 25.7. The molecule has 3 rings (SSSR count). The lowest BCUT2D eigenvalue weighted by molar-refractivity contribution is 0.0664. The Morgan fingerprint density at radius 2 is 1.57 bits per heavy atom. The molecule has 0 aliphatic carbocycles. The summed E-state index contributed by atoms with van der Waals surface area (Å²) in [6.45, 7) is 1.64. The fourth-order valence-corrected chi connectivity index (χ4v) is 4.58. The first-order valence-corrected chi connectivity index (χ1v) is 12.2. The number of carbonyl (C=O) groups excluding carboxylic acids is 2. The van der Waals surface area contributed by atoms with Crippen molar-refractivity contribution in [2.45, 2.75) is 18.2 Å². The molecule has 0 aromatic heterocycles. The normalized spacial score (nSPS) is 14.3. The van der Waals surface area contributed by atoms with Gasteiger partial charge in [0.2, 0.25) is 20.0 Å². The van der Waals surface area contributed by atoms with Crippen LogP contribution in [0.25, 0.3) is 0 Å². The molecule has 3 N–H and O–H groups in total. The number of imide groups is 1. The van der Waals surface area contributed by atoms with E-state index in [1.807, 2.05) is 0 Å². The van der Waals surface area contributed by atoms with Crippen LogP contribution >= 0.6 is 0 Å². The van der Waals surface area contributed by atoms with Crippen molar-refractivity contribution in [1.29, 1.82) is 0 Å². The number of aryl methyl sites for hydroxylation is 1. The maximum Gasteiger partial charge on any atom is 0.261 e. The van der Waals surface area contributed by atoms with Crippen LogP contribution in [-0.4, -0.2) is 52.4 Å². The highest BCUT2D eigenvalue weighted by Crippen LogP contribution is 2.23. The van der Waals surface area contributed by atoms with Crippen LogP contribution in [-0.2, 0) is 26.5 Å². The van der Waals surface area contributed by atoms with Gasteiger partial charge in [-0.2, -0.15) is 0 Å². The van der Waals surface area contributed by atoms with Gasteiger partial charge in [0.1, 0.15) is 0 Å². The Bertz CT molecular complexity index is 1210. The van der Waals surface area contributed by atoms with E-state index in [9.17, 15) is 26.4 Å². The number of amides is 2. The van der Waals surface area contributed by atoms with Gasteiger partial charge in [0.25, 0.3) is 11.8 Å². The molecule has 9 nitrogen and oxygen atoms in total. The van der Waals surface area contributed by atoms with Crippen LogP contribution in [0.4, 0.5) is 0 Å². The van der Waals surface area contributed by atoms with E-state index in [0.29, 0.717) is 6.42 Å². The van der Waals surface area contributed by atoms with Gasteiger partial charge in [-0.1, -0.05) is 23.8 Å². The zero-order chi connectivity index (χ0) is 22.1. The Morgan fingerprint density at radius 1 is 0.933 bits per heavy atom. The average molecular weight is 452 g/mol. The molecule has 0 atom stereocenters. The van der Waals surface area contributed by atoms with E-state index >= 15 is 0 Å². The summed E-state index contributed by atoms with van der Waals surface area (Å²) in [6, 6.07) is 10.7. The summed E-state index contributed by atoms with van der Waals surface area (Å²) in [5.41, 5.74) is 2.12. The third kappa shape index (κ3) is 4.93. The third-order valence-electron chi connectivity index (χ3n) is 4.70. The van der Waals surface area contributed by atoms with Crippen LogP contribution in [0.2, 0.25) is 0 Å². The quantitative estimate of drug-likeness (QED) is 0.556. The van der Waals surface area contributed by atoms with Crippen molar-refractivity contribution in [3.63, 3.8) is 0 Å². The first kappa shape index (κ1) is 22.1. The largest absolute Gasteiger partial charge is 0.273 e. The lowest BCUT2D eigenvalue weighted by Crippen LogP contribution is -2.38. The SMILES string of the molecule is Cc1ccc2c(c1)C(=O)N(CCS(=O)(=O)NCCc1ccc(S(N)(=O)=O)cc1)C2=O. The van der Waals surface area contributed by atoms with Gasteiger partial charge in [-0.05, 0) is 43.2 Å². The summed E-state index contributed by atoms with van der Waals surface area (Å²) >= 11 is 0. The highest BCUT2D eigenvalue weighted by Gasteiger charge is 2.35. The molecule has 2 amide bonds. The number of hydrogen-bond acceptors (Lipinski definition) is 6. The van der Waals surface area contributed by atoms with Gasteiger partial charge >= 0.3 is 0 Å². The number of fused-ring (bicyclic) bond motifs is 1. The molecular formula is C19H21N3O6S2. The number of nitrogens with zero attached hydrogens (tertiary/aromatic N) is 1. The van der Waals surface area contributed by atoms with E-state index in [0.717, 1.165) is 16.0 Å². The Morgan fingerprint density at radius 3 is 2.20 bits per heavy atom. The minimum absolute atomic E-state index is 0.0250. The predicted molar refractivity (Wildman–Crippen MR) is 110 cm³/mol. The molecule has 30 heavy (non-hydrogen) atoms. The van der Waals surface area contributed by atoms with Crippen molar-refractivity contribution >= 4 is 31.9 Å². The molecule has 2 aromatic rings. The number of primary sulfonamides is 1. The second-order valence-electron chi connectivity index (χ2n) is 6.96. The maximum atomic E-state index is 12.4. The molecule has 1 heterocycles. The molecule has 0 radical (unpaired) electrons. The van der Waals surface area contributed by atoms with Gasteiger partial charge in [0.15, 0.2) is 0 Å². The minimum Gasteiger partial charge on any atom is -0.273 e. The Labute approximate surface area is 175 Å². The Kier molecular flexibility index (Phi) is 6.09. The second kappa shape index (κ2) is 8.26. The molecule has 1 aliphatic heterocycles. The summed E-state index contributed by atoms with van der Waals surface area (Å²) in [7, 11) is -7.51. The van der Waals surface area contributed by atoms with E-state index in [1.54, 1.807) is 37.3 Å². The molecule has 0 bridgehead atoms. The zero-order valence-corrected chi connectivity index (χ0v) is 17.8. The number of nitrogens with one attached hydrogen (secondary N) is 1. The van der Waals surface area contributed by atoms with Crippen molar-refractivity contribution < 1.29 is 26.4 Å². The van der Waals surface area contributed by atoms with E-state index in [2.05, 4.69) is 4.72 Å². The fourth-order valence-electron chi connectivity index (χ4n) is 3.09. The number of nitrogens with two attached hydrogens (primary N) is 1. The molecule has 160 valence electrons. The van der Waals surface area contributed by atoms with Crippen LogP contribution in [0, 0.1) is 6.92 Å². The van der Waals surface area contributed by atoms with Gasteiger partial charge in [0.05, 0.1) is 21.8 Å². The molecule has 2 aromatic carbocycles. The van der Waals surface area contributed by atoms with Crippen LogP contribution < -0.4 is 9.86 Å². The third-order valence-corrected chi connectivity index (χ3v) is 6.99. The van der Waals surface area contributed by atoms with Crippen molar-refractivity contribution in [3.05, 3.63) is 64.7 Å². The van der Waals surface area contributed by atoms with Crippen LogP contribution in [0.15, 0.2) is 47.4 Å². The van der Waals surface area contributed by atoms with Crippen molar-refractivity contribution in [1.82, 2.24) is 9.62 Å². The first-order valence-electron chi connectivity index (χ1n) is 9.04. The predicted octanol–water partition coefficient (Wildman–Crippen LogP) is 0.401. The molecule has 0 saturated heterocycles. The fraction of sp³-hybridized carbons (Fsp3) is 0.263. The van der Waals surface area contributed by atoms with Crippen LogP contribution in [0.5, 0.6) is 0 Å². The molecule has 0 fully saturated rings. The van der Waals surface area contributed by atoms with Gasteiger partial charge in [-0.15, -0.1) is 0 Å². The summed E-state index contributed by atoms with van der Waals surface area (Å²) in [5.74, 6) is -1.41. The molecule has 0 unspecified atom stereocenters. The van der Waals surface area contributed by atoms with Gasteiger partial charge in [-0.25, -0.2) is 26.7 Å². The van der Waals surface area contributed by atoms with Crippen LogP contribution in [0.3, 0.4) is 0 Å². The number of hydrogen-bond donors (Lipinski definition) is 2. The molecular weight excluding hydrogens is 430 g/mol. The number of sulfonamides is 2. The van der Waals surface area contributed by atoms with Crippen LogP contribution in [0.1, 0.15) is 31.8 Å². The van der Waals surface area contributed by atoms with E-state index in [1.165, 1.54) is 12.1 Å². The highest BCUT2D eigenvalue weighted by atomic mass is 32.2. The van der Waals surface area contributed by atoms with Crippen molar-refractivity contribution in [2.24, 2.45) is 5.14 Å². The molecule has 0 spiro atoms. The number of rotatable bonds is 8. The Hall–Kier alpha value is -2.60. The van der Waals surface area contributed by atoms with Gasteiger partial charge in [0, 0.05) is 13.1 Å². The summed E-state index contributed by atoms with van der Waals surface area (Å²) in [6.07, 6.45) is 0.330. The zero-order valence-electron chi connectivity index (χ0n) is 16.2. The number of benzene rings is 2. The van der Waals surface area contributed by atoms with E-state index < -0.39 is 37.6 Å². The smallest absolute Gasteiger partial charge is 0.261 e. The summed E-state index contributed by atoms with van der Waals surface area (Å²) < 4.78 is 49.4. The molecule has 11 heteroatoms. The molecule has 1 aliphatic rings. The van der Waals surface area contributed by atoms with Crippen molar-refractivity contribution in [2.75, 3.05) is 18.8 Å². The van der Waals surface area contributed by atoms with Crippen molar-refractivity contribution in [3.8, 4) is 0 Å². The average Bonchev–Trinajstić information content (AvgIpc) is 2.89. The van der Waals surface area contributed by atoms with Gasteiger partial charge in [-0.3, -0.25) is 14.5 Å². The maximum absolute atomic E-state index is 12.4. The molecule has 0 saturated carbocycles. The highest BCUT2D eigenvalue weighted by molar-refractivity contribution is 7.89. The standard InChI is InChI=1S/C19H21N3O6S2/c1-13-2-7-16-17(12-13)19(24)22(18(16)23)10-11-29(25,26)21-9-8-14-3-5-15(6-4-14)30(20,27)28/h2-7,12,21H,8-11H2,1H3,(H2,20,27,28). The first-order chi connectivity index (χ1) is 14.0. The second-order valence-corrected chi connectivity index (χ2v) is 10.5. The lowest BCUT2D eigenvalue weighted by Gasteiger charge is -2.14. The topological polar surface area (TPSA) is 144 Å². The monoisotopic (exact) mass is 451 g/mol. The number of carbonyl (C=O) groups is 2. The van der Waals surface area contributed by atoms with E-state index in [4.69, 9.17) is 5.14 Å². The summed E-state index contributed by atoms with van der Waals surface area (Å²) in [5, 5.41) is 5.03. The Balaban J connectivity index is 1.54. The van der Waals surface area contributed by atoms with Gasteiger partial charge < -0.3 is 0 Å². The van der Waals surface area contributed by atoms with E-state index in [-0.39, 0.29) is 29.1 Å². The minimum atomic E-state index is -3.78.